The number of hydrogen-bond acceptors (Lipinski definition) is 3. The number of rotatable bonds is 4. The van der Waals surface area contributed by atoms with Gasteiger partial charge < -0.3 is 4.74 Å². The summed E-state index contributed by atoms with van der Waals surface area (Å²) in [6.45, 7) is 4.20. The lowest BCUT2D eigenvalue weighted by Gasteiger charge is -2.08. The van der Waals surface area contributed by atoms with E-state index in [1.54, 1.807) is 0 Å². The molecular weight excluding hydrogens is 296 g/mol. The number of ether oxygens (including phenoxy) is 1. The lowest BCUT2D eigenvalue weighted by molar-refractivity contribution is -0.143. The van der Waals surface area contributed by atoms with Crippen molar-refractivity contribution in [2.45, 2.75) is 26.2 Å². The van der Waals surface area contributed by atoms with E-state index in [0.29, 0.717) is 13.0 Å². The summed E-state index contributed by atoms with van der Waals surface area (Å²) in [6, 6.07) is 5.93. The van der Waals surface area contributed by atoms with Crippen LogP contribution in [0.1, 0.15) is 31.9 Å². The number of carbonyl (C=O) groups is 1. The molecule has 2 aromatic rings. The molecule has 0 aliphatic heterocycles. The first kappa shape index (κ1) is 13.1. The average Bonchev–Trinajstić information content (AvgIpc) is 2.71. The summed E-state index contributed by atoms with van der Waals surface area (Å²) in [6.07, 6.45) is 0.348. The molecule has 18 heavy (non-hydrogen) atoms. The minimum atomic E-state index is -0.184. The fourth-order valence-corrected chi connectivity index (χ4v) is 2.31. The minimum Gasteiger partial charge on any atom is -0.466 e. The van der Waals surface area contributed by atoms with Gasteiger partial charge in [-0.05, 0) is 25.1 Å². The number of nitrogens with one attached hydrogen (secondary N) is 1. The maximum atomic E-state index is 11.5. The third-order valence-corrected chi connectivity index (χ3v) is 3.29. The maximum absolute atomic E-state index is 11.5. The zero-order valence-electron chi connectivity index (χ0n) is 10.4. The number of fused-ring (bicyclic) bond motifs is 1. The van der Waals surface area contributed by atoms with Crippen LogP contribution in [0.3, 0.4) is 0 Å². The van der Waals surface area contributed by atoms with Crippen LogP contribution in [-0.2, 0) is 9.53 Å². The first-order valence-electron chi connectivity index (χ1n) is 5.91. The Morgan fingerprint density at radius 2 is 2.33 bits per heavy atom. The molecule has 0 saturated heterocycles. The molecule has 1 heterocycles. The van der Waals surface area contributed by atoms with Gasteiger partial charge in [-0.2, -0.15) is 5.10 Å². The van der Waals surface area contributed by atoms with E-state index >= 15 is 0 Å². The standard InChI is InChI=1S/C13H15BrN2O2/c1-3-18-12(17)6-8(2)13-10-7-9(14)4-5-11(10)15-16-13/h4-5,7-8H,3,6H2,1-2H3,(H,15,16). The third kappa shape index (κ3) is 2.72. The molecule has 1 aromatic heterocycles. The molecule has 1 aromatic carbocycles. The molecule has 0 aliphatic carbocycles. The fourth-order valence-electron chi connectivity index (χ4n) is 1.95. The van der Waals surface area contributed by atoms with E-state index in [2.05, 4.69) is 26.1 Å². The SMILES string of the molecule is CCOC(=O)CC(C)c1n[nH]c2ccc(Br)cc12. The summed E-state index contributed by atoms with van der Waals surface area (Å²) in [5.74, 6) is -0.150. The van der Waals surface area contributed by atoms with E-state index in [-0.39, 0.29) is 11.9 Å². The Kier molecular flexibility index (Phi) is 4.01. The molecular formula is C13H15BrN2O2. The van der Waals surface area contributed by atoms with E-state index in [9.17, 15) is 4.79 Å². The summed E-state index contributed by atoms with van der Waals surface area (Å²) < 4.78 is 5.96. The highest BCUT2D eigenvalue weighted by Gasteiger charge is 2.17. The second kappa shape index (κ2) is 5.52. The van der Waals surface area contributed by atoms with Gasteiger partial charge in [0, 0.05) is 15.8 Å². The van der Waals surface area contributed by atoms with Crippen molar-refractivity contribution in [3.63, 3.8) is 0 Å². The zero-order valence-corrected chi connectivity index (χ0v) is 12.0. The third-order valence-electron chi connectivity index (χ3n) is 2.80. The van der Waals surface area contributed by atoms with Crippen molar-refractivity contribution in [3.05, 3.63) is 28.4 Å². The summed E-state index contributed by atoms with van der Waals surface area (Å²) >= 11 is 3.44. The van der Waals surface area contributed by atoms with Crippen LogP contribution in [-0.4, -0.2) is 22.8 Å². The van der Waals surface area contributed by atoms with Gasteiger partial charge in [-0.25, -0.2) is 0 Å². The smallest absolute Gasteiger partial charge is 0.306 e. The Morgan fingerprint density at radius 3 is 3.06 bits per heavy atom. The molecule has 96 valence electrons. The molecule has 1 N–H and O–H groups in total. The van der Waals surface area contributed by atoms with Crippen LogP contribution in [0.2, 0.25) is 0 Å². The molecule has 0 fully saturated rings. The highest BCUT2D eigenvalue weighted by atomic mass is 79.9. The van der Waals surface area contributed by atoms with Crippen molar-refractivity contribution in [1.29, 1.82) is 0 Å². The number of nitrogens with zero attached hydrogens (tertiary/aromatic N) is 1. The number of carbonyl (C=O) groups excluding carboxylic acids is 1. The largest absolute Gasteiger partial charge is 0.466 e. The predicted molar refractivity (Wildman–Crippen MR) is 73.5 cm³/mol. The van der Waals surface area contributed by atoms with E-state index < -0.39 is 0 Å². The molecule has 0 spiro atoms. The second-order valence-corrected chi connectivity index (χ2v) is 5.12. The number of halogens is 1. The molecule has 4 nitrogen and oxygen atoms in total. The number of H-pyrrole nitrogens is 1. The molecule has 0 radical (unpaired) electrons. The van der Waals surface area contributed by atoms with Gasteiger partial charge in [0.2, 0.25) is 0 Å². The number of esters is 1. The number of hydrogen-bond donors (Lipinski definition) is 1. The van der Waals surface area contributed by atoms with Gasteiger partial charge >= 0.3 is 5.97 Å². The van der Waals surface area contributed by atoms with Crippen LogP contribution in [0.5, 0.6) is 0 Å². The molecule has 2 rings (SSSR count). The lowest BCUT2D eigenvalue weighted by atomic mass is 10.0. The van der Waals surface area contributed by atoms with Gasteiger partial charge in [-0.1, -0.05) is 22.9 Å². The Morgan fingerprint density at radius 1 is 1.56 bits per heavy atom. The first-order valence-corrected chi connectivity index (χ1v) is 6.70. The molecule has 1 unspecified atom stereocenters. The topological polar surface area (TPSA) is 55.0 Å². The predicted octanol–water partition coefficient (Wildman–Crippen LogP) is 3.38. The van der Waals surface area contributed by atoms with E-state index in [4.69, 9.17) is 4.74 Å². The van der Waals surface area contributed by atoms with Crippen LogP contribution in [0.25, 0.3) is 10.9 Å². The summed E-state index contributed by atoms with van der Waals surface area (Å²) in [5.41, 5.74) is 1.88. The van der Waals surface area contributed by atoms with Crippen molar-refractivity contribution in [3.8, 4) is 0 Å². The van der Waals surface area contributed by atoms with Gasteiger partial charge in [-0.15, -0.1) is 0 Å². The number of aromatic amines is 1. The molecule has 0 amide bonds. The van der Waals surface area contributed by atoms with Gasteiger partial charge in [0.05, 0.1) is 24.2 Å². The fraction of sp³-hybridized carbons (Fsp3) is 0.385. The van der Waals surface area contributed by atoms with Crippen LogP contribution in [0, 0.1) is 0 Å². The zero-order chi connectivity index (χ0) is 13.1. The summed E-state index contributed by atoms with van der Waals surface area (Å²) in [4.78, 5) is 11.5. The van der Waals surface area contributed by atoms with Gasteiger partial charge in [0.1, 0.15) is 0 Å². The highest BCUT2D eigenvalue weighted by molar-refractivity contribution is 9.10. The van der Waals surface area contributed by atoms with Crippen LogP contribution >= 0.6 is 15.9 Å². The Balaban J connectivity index is 2.24. The molecule has 1 atom stereocenters. The second-order valence-electron chi connectivity index (χ2n) is 4.21. The van der Waals surface area contributed by atoms with Gasteiger partial charge in [0.15, 0.2) is 0 Å². The van der Waals surface area contributed by atoms with Crippen LogP contribution in [0.4, 0.5) is 0 Å². The molecule has 0 aliphatic rings. The minimum absolute atomic E-state index is 0.0344. The summed E-state index contributed by atoms with van der Waals surface area (Å²) in [7, 11) is 0. The molecule has 0 bridgehead atoms. The monoisotopic (exact) mass is 310 g/mol. The lowest BCUT2D eigenvalue weighted by Crippen LogP contribution is -2.08. The number of benzene rings is 1. The van der Waals surface area contributed by atoms with Crippen LogP contribution < -0.4 is 0 Å². The Bertz CT molecular complexity index is 565. The number of aromatic nitrogens is 2. The molecule has 0 saturated carbocycles. The quantitative estimate of drug-likeness (QED) is 0.881. The van der Waals surface area contributed by atoms with E-state index in [0.717, 1.165) is 21.1 Å². The van der Waals surface area contributed by atoms with Gasteiger partial charge in [-0.3, -0.25) is 9.89 Å². The van der Waals surface area contributed by atoms with Crippen molar-refractivity contribution in [1.82, 2.24) is 10.2 Å². The average molecular weight is 311 g/mol. The van der Waals surface area contributed by atoms with E-state index in [1.807, 2.05) is 32.0 Å². The van der Waals surface area contributed by atoms with Crippen molar-refractivity contribution in [2.75, 3.05) is 6.61 Å². The van der Waals surface area contributed by atoms with Crippen molar-refractivity contribution < 1.29 is 9.53 Å². The maximum Gasteiger partial charge on any atom is 0.306 e. The van der Waals surface area contributed by atoms with Crippen LogP contribution in [0.15, 0.2) is 22.7 Å². The van der Waals surface area contributed by atoms with E-state index in [1.165, 1.54) is 0 Å². The van der Waals surface area contributed by atoms with Gasteiger partial charge in [0.25, 0.3) is 0 Å². The Hall–Kier alpha value is -1.36. The summed E-state index contributed by atoms with van der Waals surface area (Å²) in [5, 5.41) is 8.32. The normalized spacial score (nSPS) is 12.6. The molecule has 5 heteroatoms. The first-order chi connectivity index (χ1) is 8.61. The van der Waals surface area contributed by atoms with Crippen molar-refractivity contribution >= 4 is 32.8 Å². The highest BCUT2D eigenvalue weighted by Crippen LogP contribution is 2.27. The Labute approximate surface area is 114 Å². The van der Waals surface area contributed by atoms with Crippen molar-refractivity contribution in [2.24, 2.45) is 0 Å².